The molecule has 0 unspecified atom stereocenters. The van der Waals surface area contributed by atoms with Gasteiger partial charge in [-0.15, -0.1) is 11.3 Å². The second-order valence-electron chi connectivity index (χ2n) is 5.26. The molecule has 6 heteroatoms. The largest absolute Gasteiger partial charge is 0.393 e. The summed E-state index contributed by atoms with van der Waals surface area (Å²) >= 11 is 7.74. The number of hydrogen-bond donors (Lipinski definition) is 1. The lowest BCUT2D eigenvalue weighted by Crippen LogP contribution is -2.37. The number of rotatable bonds is 4. The molecule has 2 heterocycles. The molecular formula is C13H16ClN3OS. The molecule has 2 aromatic rings. The van der Waals surface area contributed by atoms with Gasteiger partial charge in [0.2, 0.25) is 0 Å². The van der Waals surface area contributed by atoms with Gasteiger partial charge in [0, 0.05) is 11.9 Å². The number of fused-ring (bicyclic) bond motifs is 1. The molecule has 1 saturated carbocycles. The predicted octanol–water partition coefficient (Wildman–Crippen LogP) is 2.55. The Labute approximate surface area is 121 Å². The summed E-state index contributed by atoms with van der Waals surface area (Å²) in [5, 5.41) is 12.7. The Balaban J connectivity index is 1.67. The van der Waals surface area contributed by atoms with Gasteiger partial charge in [0.1, 0.15) is 15.8 Å². The van der Waals surface area contributed by atoms with Gasteiger partial charge in [0.05, 0.1) is 12.6 Å². The molecule has 0 bridgehead atoms. The van der Waals surface area contributed by atoms with Gasteiger partial charge in [0.15, 0.2) is 0 Å². The van der Waals surface area contributed by atoms with E-state index in [4.69, 9.17) is 11.6 Å². The third kappa shape index (κ3) is 2.89. The van der Waals surface area contributed by atoms with Crippen molar-refractivity contribution in [1.82, 2.24) is 14.9 Å². The Bertz CT molecular complexity index is 582. The molecule has 1 fully saturated rings. The molecule has 0 aliphatic heterocycles. The Morgan fingerprint density at radius 3 is 3.00 bits per heavy atom. The second kappa shape index (κ2) is 5.32. The number of aliphatic hydroxyl groups is 1. The van der Waals surface area contributed by atoms with Crippen LogP contribution in [0.2, 0.25) is 5.15 Å². The molecule has 1 aliphatic carbocycles. The summed E-state index contributed by atoms with van der Waals surface area (Å²) in [6.07, 6.45) is 1.73. The number of aromatic nitrogens is 2. The van der Waals surface area contributed by atoms with Crippen LogP contribution in [0.1, 0.15) is 18.7 Å². The van der Waals surface area contributed by atoms with E-state index in [1.165, 1.54) is 0 Å². The third-order valence-corrected chi connectivity index (χ3v) is 4.61. The predicted molar refractivity (Wildman–Crippen MR) is 77.5 cm³/mol. The van der Waals surface area contributed by atoms with E-state index in [0.717, 1.165) is 35.4 Å². The van der Waals surface area contributed by atoms with E-state index in [-0.39, 0.29) is 6.10 Å². The zero-order chi connectivity index (χ0) is 13.4. The van der Waals surface area contributed by atoms with Gasteiger partial charge < -0.3 is 5.11 Å². The van der Waals surface area contributed by atoms with E-state index in [0.29, 0.717) is 17.6 Å². The van der Waals surface area contributed by atoms with Crippen molar-refractivity contribution >= 4 is 33.2 Å². The monoisotopic (exact) mass is 297 g/mol. The molecule has 0 spiro atoms. The Kier molecular flexibility index (Phi) is 3.71. The van der Waals surface area contributed by atoms with Crippen LogP contribution in [0.5, 0.6) is 0 Å². The minimum atomic E-state index is -0.0911. The van der Waals surface area contributed by atoms with E-state index >= 15 is 0 Å². The van der Waals surface area contributed by atoms with Crippen LogP contribution in [-0.2, 0) is 6.54 Å². The van der Waals surface area contributed by atoms with E-state index in [1.54, 1.807) is 11.3 Å². The van der Waals surface area contributed by atoms with Crippen molar-refractivity contribution in [3.8, 4) is 0 Å². The summed E-state index contributed by atoms with van der Waals surface area (Å²) in [6, 6.07) is 1.95. The molecule has 2 aromatic heterocycles. The van der Waals surface area contributed by atoms with Crippen LogP contribution in [0.3, 0.4) is 0 Å². The first-order valence-corrected chi connectivity index (χ1v) is 7.64. The summed E-state index contributed by atoms with van der Waals surface area (Å²) in [4.78, 5) is 12.0. The van der Waals surface area contributed by atoms with Crippen LogP contribution in [0.4, 0.5) is 0 Å². The van der Waals surface area contributed by atoms with Crippen molar-refractivity contribution in [1.29, 1.82) is 0 Å². The molecule has 1 N–H and O–H groups in total. The normalized spacial score (nSPS) is 22.9. The highest BCUT2D eigenvalue weighted by Crippen LogP contribution is 2.28. The quantitative estimate of drug-likeness (QED) is 0.881. The first-order chi connectivity index (χ1) is 9.11. The van der Waals surface area contributed by atoms with Crippen molar-refractivity contribution in [2.24, 2.45) is 5.92 Å². The summed E-state index contributed by atoms with van der Waals surface area (Å²) in [6.45, 7) is 1.67. The number of nitrogens with zero attached hydrogens (tertiary/aromatic N) is 3. The lowest BCUT2D eigenvalue weighted by atomic mass is 9.82. The fraction of sp³-hybridized carbons (Fsp3) is 0.538. The fourth-order valence-electron chi connectivity index (χ4n) is 2.53. The zero-order valence-corrected chi connectivity index (χ0v) is 12.3. The molecule has 102 valence electrons. The van der Waals surface area contributed by atoms with E-state index in [9.17, 15) is 5.11 Å². The lowest BCUT2D eigenvalue weighted by molar-refractivity contribution is 0.0271. The van der Waals surface area contributed by atoms with Crippen LogP contribution in [-0.4, -0.2) is 39.7 Å². The smallest absolute Gasteiger partial charge is 0.145 e. The maximum absolute atomic E-state index is 9.29. The molecule has 4 nitrogen and oxygen atoms in total. The highest BCUT2D eigenvalue weighted by atomic mass is 35.5. The number of hydrogen-bond acceptors (Lipinski definition) is 5. The average molecular weight is 298 g/mol. The SMILES string of the molecule is CN(Cc1nc(Cl)c2ccsc2n1)CC1CC(O)C1. The third-order valence-electron chi connectivity index (χ3n) is 3.52. The van der Waals surface area contributed by atoms with Crippen LogP contribution in [0, 0.1) is 5.92 Å². The molecule has 0 atom stereocenters. The summed E-state index contributed by atoms with van der Waals surface area (Å²) in [7, 11) is 2.06. The van der Waals surface area contributed by atoms with Gasteiger partial charge >= 0.3 is 0 Å². The van der Waals surface area contributed by atoms with Crippen LogP contribution in [0.15, 0.2) is 11.4 Å². The van der Waals surface area contributed by atoms with Gasteiger partial charge in [0.25, 0.3) is 0 Å². The topological polar surface area (TPSA) is 49.2 Å². The fourth-order valence-corrected chi connectivity index (χ4v) is 3.62. The maximum Gasteiger partial charge on any atom is 0.145 e. The van der Waals surface area contributed by atoms with Crippen molar-refractivity contribution in [3.05, 3.63) is 22.4 Å². The van der Waals surface area contributed by atoms with E-state index in [2.05, 4.69) is 21.9 Å². The minimum absolute atomic E-state index is 0.0911. The minimum Gasteiger partial charge on any atom is -0.393 e. The first-order valence-electron chi connectivity index (χ1n) is 6.38. The standard InChI is InChI=1S/C13H16ClN3OS/c1-17(6-8-4-9(18)5-8)7-11-15-12(14)10-2-3-19-13(10)16-11/h2-3,8-9,18H,4-7H2,1H3. The highest BCUT2D eigenvalue weighted by Gasteiger charge is 2.28. The zero-order valence-electron chi connectivity index (χ0n) is 10.7. The molecule has 19 heavy (non-hydrogen) atoms. The van der Waals surface area contributed by atoms with Crippen molar-refractivity contribution < 1.29 is 5.11 Å². The van der Waals surface area contributed by atoms with Gasteiger partial charge in [-0.2, -0.15) is 0 Å². The molecule has 0 radical (unpaired) electrons. The Morgan fingerprint density at radius 1 is 1.47 bits per heavy atom. The Morgan fingerprint density at radius 2 is 2.26 bits per heavy atom. The van der Waals surface area contributed by atoms with E-state index < -0.39 is 0 Å². The van der Waals surface area contributed by atoms with Gasteiger partial charge in [-0.1, -0.05) is 11.6 Å². The lowest BCUT2D eigenvalue weighted by Gasteiger charge is -2.34. The molecular weight excluding hydrogens is 282 g/mol. The maximum atomic E-state index is 9.29. The summed E-state index contributed by atoms with van der Waals surface area (Å²) in [5.41, 5.74) is 0. The number of aliphatic hydroxyl groups excluding tert-OH is 1. The summed E-state index contributed by atoms with van der Waals surface area (Å²) in [5.74, 6) is 1.36. The summed E-state index contributed by atoms with van der Waals surface area (Å²) < 4.78 is 0. The van der Waals surface area contributed by atoms with Crippen LogP contribution >= 0.6 is 22.9 Å². The van der Waals surface area contributed by atoms with Gasteiger partial charge in [-0.05, 0) is 37.3 Å². The highest BCUT2D eigenvalue weighted by molar-refractivity contribution is 7.16. The second-order valence-corrected chi connectivity index (χ2v) is 6.51. The molecule has 0 saturated heterocycles. The Hall–Kier alpha value is -0.750. The molecule has 0 amide bonds. The molecule has 3 rings (SSSR count). The van der Waals surface area contributed by atoms with Gasteiger partial charge in [-0.3, -0.25) is 4.90 Å². The van der Waals surface area contributed by atoms with E-state index in [1.807, 2.05) is 11.4 Å². The first kappa shape index (κ1) is 13.2. The number of thiophene rings is 1. The molecule has 0 aromatic carbocycles. The molecule has 1 aliphatic rings. The average Bonchev–Trinajstić information content (AvgIpc) is 2.75. The van der Waals surface area contributed by atoms with Crippen LogP contribution in [0.25, 0.3) is 10.2 Å². The number of halogens is 1. The van der Waals surface area contributed by atoms with Crippen molar-refractivity contribution in [2.45, 2.75) is 25.5 Å². The van der Waals surface area contributed by atoms with Crippen molar-refractivity contribution in [2.75, 3.05) is 13.6 Å². The van der Waals surface area contributed by atoms with Gasteiger partial charge in [-0.25, -0.2) is 9.97 Å². The van der Waals surface area contributed by atoms with Crippen molar-refractivity contribution in [3.63, 3.8) is 0 Å². The van der Waals surface area contributed by atoms with Crippen LogP contribution < -0.4 is 0 Å².